The average Bonchev–Trinajstić information content (AvgIpc) is 2.70. The highest BCUT2D eigenvalue weighted by atomic mass is 32.2. The van der Waals surface area contributed by atoms with Crippen LogP contribution in [0.4, 0.5) is 0 Å². The van der Waals surface area contributed by atoms with Crippen molar-refractivity contribution in [2.45, 2.75) is 23.2 Å². The monoisotopic (exact) mass is 246 g/mol. The largest absolute Gasteiger partial charge is 0.368 e. The molecule has 0 saturated carbocycles. The summed E-state index contributed by atoms with van der Waals surface area (Å²) in [5, 5.41) is 2.94. The molecule has 1 heterocycles. The van der Waals surface area contributed by atoms with Crippen LogP contribution in [0.1, 0.15) is 13.3 Å². The maximum Gasteiger partial charge on any atom is 0.237 e. The van der Waals surface area contributed by atoms with Gasteiger partial charge in [-0.15, -0.1) is 0 Å². The smallest absolute Gasteiger partial charge is 0.237 e. The van der Waals surface area contributed by atoms with Gasteiger partial charge in [0.2, 0.25) is 5.91 Å². The third-order valence-corrected chi connectivity index (χ3v) is 4.06. The van der Waals surface area contributed by atoms with E-state index in [0.29, 0.717) is 6.42 Å². The van der Waals surface area contributed by atoms with Crippen LogP contribution in [0, 0.1) is 0 Å². The summed E-state index contributed by atoms with van der Waals surface area (Å²) in [5.41, 5.74) is 4.66. The molecule has 0 aromatic carbocycles. The van der Waals surface area contributed by atoms with Crippen LogP contribution in [0.3, 0.4) is 0 Å². The number of nitrogens with two attached hydrogens (primary N) is 1. The van der Waals surface area contributed by atoms with E-state index in [1.54, 1.807) is 25.7 Å². The molecule has 0 aliphatic rings. The van der Waals surface area contributed by atoms with Gasteiger partial charge >= 0.3 is 0 Å². The Hall–Kier alpha value is -0.660. The number of likely N-dealkylation sites (N-methyl/N-ethyl adjacent to an activating group) is 1. The van der Waals surface area contributed by atoms with Crippen molar-refractivity contribution in [2.24, 2.45) is 5.73 Å². The third-order valence-electron chi connectivity index (χ3n) is 2.26. The van der Waals surface area contributed by atoms with Crippen molar-refractivity contribution >= 4 is 29.2 Å². The molecule has 1 aromatic heterocycles. The summed E-state index contributed by atoms with van der Waals surface area (Å²) in [6.45, 7) is 1.80. The highest BCUT2D eigenvalue weighted by Crippen LogP contribution is 2.22. The van der Waals surface area contributed by atoms with E-state index in [1.807, 2.05) is 0 Å². The van der Waals surface area contributed by atoms with E-state index < -0.39 is 5.54 Å². The lowest BCUT2D eigenvalue weighted by molar-refractivity contribution is -0.123. The second kappa shape index (κ2) is 5.43. The molecule has 1 atom stereocenters. The molecule has 3 N–H and O–H groups in total. The van der Waals surface area contributed by atoms with Gasteiger partial charge in [-0.05, 0) is 31.9 Å². The van der Waals surface area contributed by atoms with Gasteiger partial charge in [-0.25, -0.2) is 4.98 Å². The fourth-order valence-corrected chi connectivity index (χ4v) is 2.62. The first-order chi connectivity index (χ1) is 7.08. The molecule has 84 valence electrons. The first kappa shape index (κ1) is 12.4. The van der Waals surface area contributed by atoms with E-state index in [4.69, 9.17) is 5.73 Å². The molecule has 15 heavy (non-hydrogen) atoms. The van der Waals surface area contributed by atoms with Crippen LogP contribution in [0.15, 0.2) is 10.7 Å². The lowest BCUT2D eigenvalue weighted by Gasteiger charge is -2.24. The Morgan fingerprint density at radius 3 is 3.00 bits per heavy atom. The van der Waals surface area contributed by atoms with E-state index in [-0.39, 0.29) is 5.91 Å². The number of thioether (sulfide) groups is 1. The Bertz CT molecular complexity index is 316. The number of nitrogens with zero attached hydrogens (tertiary/aromatic N) is 2. The molecular weight excluding hydrogens is 232 g/mol. The van der Waals surface area contributed by atoms with Crippen LogP contribution in [-0.4, -0.2) is 33.6 Å². The minimum atomic E-state index is -0.641. The van der Waals surface area contributed by atoms with E-state index in [1.165, 1.54) is 17.9 Å². The van der Waals surface area contributed by atoms with Crippen LogP contribution in [0.5, 0.6) is 0 Å². The lowest BCUT2D eigenvalue weighted by atomic mass is 9.99. The Kier molecular flexibility index (Phi) is 4.49. The zero-order valence-electron chi connectivity index (χ0n) is 8.69. The number of rotatable bonds is 6. The number of nitrogens with one attached hydrogen (secondary N) is 1. The van der Waals surface area contributed by atoms with Gasteiger partial charge in [0, 0.05) is 5.75 Å². The SMILES string of the molecule is CNC(C)(CCSc1ncns1)C(N)=O. The highest BCUT2D eigenvalue weighted by molar-refractivity contribution is 8.00. The Morgan fingerprint density at radius 1 is 1.80 bits per heavy atom. The van der Waals surface area contributed by atoms with Gasteiger partial charge in [0.05, 0.1) is 5.54 Å². The maximum absolute atomic E-state index is 11.2. The summed E-state index contributed by atoms with van der Waals surface area (Å²) >= 11 is 2.94. The molecule has 0 bridgehead atoms. The van der Waals surface area contributed by atoms with Crippen molar-refractivity contribution < 1.29 is 4.79 Å². The van der Waals surface area contributed by atoms with E-state index in [9.17, 15) is 4.79 Å². The van der Waals surface area contributed by atoms with Gasteiger partial charge in [-0.1, -0.05) is 11.8 Å². The molecule has 1 unspecified atom stereocenters. The number of primary amides is 1. The Labute approximate surface area is 97.0 Å². The standard InChI is InChI=1S/C8H14N4OS2/c1-8(10-2,6(9)13)3-4-14-7-11-5-12-15-7/h5,10H,3-4H2,1-2H3,(H2,9,13). The quantitative estimate of drug-likeness (QED) is 0.714. The zero-order chi connectivity index (χ0) is 11.3. The molecule has 1 aromatic rings. The summed E-state index contributed by atoms with van der Waals surface area (Å²) < 4.78 is 4.81. The van der Waals surface area contributed by atoms with Crippen LogP contribution in [-0.2, 0) is 4.79 Å². The summed E-state index contributed by atoms with van der Waals surface area (Å²) in [6, 6.07) is 0. The topological polar surface area (TPSA) is 80.9 Å². The number of amides is 1. The van der Waals surface area contributed by atoms with E-state index >= 15 is 0 Å². The summed E-state index contributed by atoms with van der Waals surface area (Å²) in [5.74, 6) is 0.456. The van der Waals surface area contributed by atoms with Crippen molar-refractivity contribution in [2.75, 3.05) is 12.8 Å². The van der Waals surface area contributed by atoms with Crippen LogP contribution in [0.2, 0.25) is 0 Å². The summed E-state index contributed by atoms with van der Waals surface area (Å²) in [7, 11) is 1.74. The fourth-order valence-electron chi connectivity index (χ4n) is 0.940. The van der Waals surface area contributed by atoms with Crippen molar-refractivity contribution in [3.05, 3.63) is 6.33 Å². The predicted octanol–water partition coefficient (Wildman–Crippen LogP) is 0.484. The van der Waals surface area contributed by atoms with E-state index in [0.717, 1.165) is 10.1 Å². The van der Waals surface area contributed by atoms with Crippen molar-refractivity contribution in [3.63, 3.8) is 0 Å². The minimum Gasteiger partial charge on any atom is -0.368 e. The van der Waals surface area contributed by atoms with Gasteiger partial charge in [-0.2, -0.15) is 4.37 Å². The average molecular weight is 246 g/mol. The molecule has 0 saturated heterocycles. The molecule has 0 spiro atoms. The molecule has 1 amide bonds. The second-order valence-corrected chi connectivity index (χ2v) is 5.37. The first-order valence-electron chi connectivity index (χ1n) is 4.47. The Balaban J connectivity index is 2.38. The van der Waals surface area contributed by atoms with Gasteiger partial charge < -0.3 is 11.1 Å². The molecule has 0 fully saturated rings. The zero-order valence-corrected chi connectivity index (χ0v) is 10.3. The fraction of sp³-hybridized carbons (Fsp3) is 0.625. The number of carbonyl (C=O) groups is 1. The minimum absolute atomic E-state index is 0.331. The van der Waals surface area contributed by atoms with Crippen molar-refractivity contribution in [1.82, 2.24) is 14.7 Å². The molecule has 5 nitrogen and oxygen atoms in total. The number of hydrogen-bond acceptors (Lipinski definition) is 6. The third kappa shape index (κ3) is 3.44. The van der Waals surface area contributed by atoms with Gasteiger partial charge in [0.25, 0.3) is 0 Å². The molecular formula is C8H14N4OS2. The van der Waals surface area contributed by atoms with E-state index in [2.05, 4.69) is 14.7 Å². The molecule has 0 aliphatic heterocycles. The number of carbonyl (C=O) groups excluding carboxylic acids is 1. The number of hydrogen-bond donors (Lipinski definition) is 2. The maximum atomic E-state index is 11.2. The Morgan fingerprint density at radius 2 is 2.53 bits per heavy atom. The predicted molar refractivity (Wildman–Crippen MR) is 61.9 cm³/mol. The van der Waals surface area contributed by atoms with Crippen LogP contribution < -0.4 is 11.1 Å². The van der Waals surface area contributed by atoms with Gasteiger partial charge in [0.15, 0.2) is 4.34 Å². The van der Waals surface area contributed by atoms with Crippen LogP contribution >= 0.6 is 23.3 Å². The molecule has 1 rings (SSSR count). The molecule has 0 radical (unpaired) electrons. The van der Waals surface area contributed by atoms with Crippen LogP contribution in [0.25, 0.3) is 0 Å². The molecule has 7 heteroatoms. The highest BCUT2D eigenvalue weighted by Gasteiger charge is 2.28. The molecule has 0 aliphatic carbocycles. The summed E-state index contributed by atoms with van der Waals surface area (Å²) in [4.78, 5) is 15.2. The van der Waals surface area contributed by atoms with Gasteiger partial charge in [0.1, 0.15) is 6.33 Å². The van der Waals surface area contributed by atoms with Crippen molar-refractivity contribution in [1.29, 1.82) is 0 Å². The van der Waals surface area contributed by atoms with Gasteiger partial charge in [-0.3, -0.25) is 4.79 Å². The lowest BCUT2D eigenvalue weighted by Crippen LogP contribution is -2.51. The normalized spacial score (nSPS) is 14.8. The first-order valence-corrected chi connectivity index (χ1v) is 6.22. The second-order valence-electron chi connectivity index (χ2n) is 3.25. The number of aromatic nitrogens is 2. The summed E-state index contributed by atoms with van der Waals surface area (Å²) in [6.07, 6.45) is 2.20. The van der Waals surface area contributed by atoms with Crippen molar-refractivity contribution in [3.8, 4) is 0 Å².